The summed E-state index contributed by atoms with van der Waals surface area (Å²) in [5.74, 6) is -1.71. The van der Waals surface area contributed by atoms with Crippen LogP contribution in [0.15, 0.2) is 30.6 Å². The fourth-order valence-electron chi connectivity index (χ4n) is 3.10. The van der Waals surface area contributed by atoms with Crippen LogP contribution in [0.25, 0.3) is 0 Å². The third kappa shape index (κ3) is 2.90. The van der Waals surface area contributed by atoms with Gasteiger partial charge in [-0.15, -0.1) is 0 Å². The number of hydrogen-bond donors (Lipinski definition) is 1. The van der Waals surface area contributed by atoms with E-state index in [9.17, 15) is 8.78 Å². The quantitative estimate of drug-likeness (QED) is 0.910. The van der Waals surface area contributed by atoms with E-state index in [1.807, 2.05) is 0 Å². The molecule has 1 aromatic heterocycles. The van der Waals surface area contributed by atoms with Gasteiger partial charge in [-0.2, -0.15) is 0 Å². The Morgan fingerprint density at radius 3 is 2.50 bits per heavy atom. The monoisotopic (exact) mass is 323 g/mol. The third-order valence-electron chi connectivity index (χ3n) is 4.27. The van der Waals surface area contributed by atoms with Gasteiger partial charge in [-0.3, -0.25) is 4.98 Å². The Morgan fingerprint density at radius 2 is 1.82 bits per heavy atom. The van der Waals surface area contributed by atoms with Gasteiger partial charge in [0.05, 0.1) is 5.69 Å². The van der Waals surface area contributed by atoms with E-state index < -0.39 is 11.6 Å². The molecule has 0 spiro atoms. The molecule has 1 N–H and O–H groups in total. The fourth-order valence-corrected chi connectivity index (χ4v) is 3.41. The van der Waals surface area contributed by atoms with Gasteiger partial charge >= 0.3 is 0 Å². The predicted molar refractivity (Wildman–Crippen MR) is 82.0 cm³/mol. The summed E-state index contributed by atoms with van der Waals surface area (Å²) in [5.41, 5.74) is 1.12. The maximum atomic E-state index is 13.3. The summed E-state index contributed by atoms with van der Waals surface area (Å²) in [6.45, 7) is 0.566. The molecule has 116 valence electrons. The highest BCUT2D eigenvalue weighted by atomic mass is 35.5. The molecule has 0 saturated heterocycles. The minimum Gasteiger partial charge on any atom is -0.384 e. The van der Waals surface area contributed by atoms with Crippen LogP contribution in [-0.2, 0) is 5.41 Å². The highest BCUT2D eigenvalue weighted by Gasteiger charge is 2.38. The van der Waals surface area contributed by atoms with Crippen molar-refractivity contribution in [1.29, 1.82) is 0 Å². The van der Waals surface area contributed by atoms with Crippen LogP contribution in [-0.4, -0.2) is 16.5 Å². The van der Waals surface area contributed by atoms with Crippen molar-refractivity contribution in [2.24, 2.45) is 0 Å². The van der Waals surface area contributed by atoms with E-state index in [1.54, 1.807) is 12.4 Å². The van der Waals surface area contributed by atoms with Crippen LogP contribution in [0.5, 0.6) is 0 Å². The molecule has 0 aliphatic heterocycles. The molecule has 0 bridgehead atoms. The molecule has 0 unspecified atom stereocenters. The average molecular weight is 324 g/mol. The summed E-state index contributed by atoms with van der Waals surface area (Å²) in [6, 6.07) is 3.81. The Kier molecular flexibility index (Phi) is 4.25. The van der Waals surface area contributed by atoms with Crippen molar-refractivity contribution in [2.45, 2.75) is 31.1 Å². The number of nitrogens with zero attached hydrogens (tertiary/aromatic N) is 2. The molecule has 0 atom stereocenters. The van der Waals surface area contributed by atoms with Gasteiger partial charge in [0.15, 0.2) is 16.8 Å². The fraction of sp³-hybridized carbons (Fsp3) is 0.375. The normalized spacial score (nSPS) is 16.7. The van der Waals surface area contributed by atoms with E-state index in [4.69, 9.17) is 11.6 Å². The summed E-state index contributed by atoms with van der Waals surface area (Å²) >= 11 is 6.21. The Labute approximate surface area is 132 Å². The third-order valence-corrected chi connectivity index (χ3v) is 4.54. The van der Waals surface area contributed by atoms with Gasteiger partial charge in [-0.1, -0.05) is 24.4 Å². The lowest BCUT2D eigenvalue weighted by Gasteiger charge is -2.29. The van der Waals surface area contributed by atoms with Crippen molar-refractivity contribution < 1.29 is 8.78 Å². The van der Waals surface area contributed by atoms with Crippen molar-refractivity contribution in [3.8, 4) is 0 Å². The number of hydrogen-bond acceptors (Lipinski definition) is 3. The molecule has 1 aliphatic rings. The van der Waals surface area contributed by atoms with Gasteiger partial charge in [0, 0.05) is 30.0 Å². The SMILES string of the molecule is Fc1ccc(NCC2(c3nccnc3Cl)CCCC2)cc1F. The highest BCUT2D eigenvalue weighted by molar-refractivity contribution is 6.30. The zero-order valence-corrected chi connectivity index (χ0v) is 12.7. The molecular formula is C16H16ClF2N3. The molecule has 3 nitrogen and oxygen atoms in total. The van der Waals surface area contributed by atoms with Crippen molar-refractivity contribution >= 4 is 17.3 Å². The minimum atomic E-state index is -0.858. The largest absolute Gasteiger partial charge is 0.384 e. The average Bonchev–Trinajstić information content (AvgIpc) is 2.99. The molecule has 6 heteroatoms. The summed E-state index contributed by atoms with van der Waals surface area (Å²) in [6.07, 6.45) is 7.28. The number of aromatic nitrogens is 2. The van der Waals surface area contributed by atoms with Crippen LogP contribution in [0.2, 0.25) is 5.15 Å². The molecule has 1 aliphatic carbocycles. The molecule has 1 heterocycles. The number of anilines is 1. The second kappa shape index (κ2) is 6.16. The lowest BCUT2D eigenvalue weighted by atomic mass is 9.82. The van der Waals surface area contributed by atoms with E-state index in [2.05, 4.69) is 15.3 Å². The van der Waals surface area contributed by atoms with Crippen LogP contribution in [0.3, 0.4) is 0 Å². The molecule has 22 heavy (non-hydrogen) atoms. The van der Waals surface area contributed by atoms with Gasteiger partial charge in [0.25, 0.3) is 0 Å². The molecule has 2 aromatic rings. The topological polar surface area (TPSA) is 37.8 Å². The maximum absolute atomic E-state index is 13.3. The van der Waals surface area contributed by atoms with E-state index in [0.29, 0.717) is 17.4 Å². The Balaban J connectivity index is 1.83. The van der Waals surface area contributed by atoms with Gasteiger partial charge in [0.2, 0.25) is 0 Å². The van der Waals surface area contributed by atoms with Crippen LogP contribution < -0.4 is 5.32 Å². The number of nitrogens with one attached hydrogen (secondary N) is 1. The molecule has 0 amide bonds. The predicted octanol–water partition coefficient (Wildman–Crippen LogP) is 4.33. The number of halogens is 3. The number of rotatable bonds is 4. The zero-order chi connectivity index (χ0) is 15.6. The van der Waals surface area contributed by atoms with Gasteiger partial charge in [-0.05, 0) is 31.0 Å². The summed E-state index contributed by atoms with van der Waals surface area (Å²) < 4.78 is 26.3. The lowest BCUT2D eigenvalue weighted by molar-refractivity contribution is 0.450. The second-order valence-electron chi connectivity index (χ2n) is 5.67. The van der Waals surface area contributed by atoms with Gasteiger partial charge in [0.1, 0.15) is 0 Å². The zero-order valence-electron chi connectivity index (χ0n) is 12.0. The first-order valence-corrected chi connectivity index (χ1v) is 7.64. The summed E-state index contributed by atoms with van der Waals surface area (Å²) in [7, 11) is 0. The minimum absolute atomic E-state index is 0.212. The van der Waals surface area contributed by atoms with Gasteiger partial charge in [-0.25, -0.2) is 13.8 Å². The first kappa shape index (κ1) is 15.2. The Hall–Kier alpha value is -1.75. The Morgan fingerprint density at radius 1 is 1.09 bits per heavy atom. The van der Waals surface area contributed by atoms with Crippen molar-refractivity contribution in [3.05, 3.63) is 53.1 Å². The molecule has 1 fully saturated rings. The first-order chi connectivity index (χ1) is 10.6. The molecule has 0 radical (unpaired) electrons. The maximum Gasteiger partial charge on any atom is 0.160 e. The van der Waals surface area contributed by atoms with Gasteiger partial charge < -0.3 is 5.32 Å². The summed E-state index contributed by atoms with van der Waals surface area (Å²) in [4.78, 5) is 8.52. The highest BCUT2D eigenvalue weighted by Crippen LogP contribution is 2.42. The van der Waals surface area contributed by atoms with E-state index >= 15 is 0 Å². The summed E-state index contributed by atoms with van der Waals surface area (Å²) in [5, 5.41) is 3.60. The van der Waals surface area contributed by atoms with Crippen LogP contribution in [0, 0.1) is 11.6 Å². The first-order valence-electron chi connectivity index (χ1n) is 7.27. The molecule has 1 saturated carbocycles. The van der Waals surface area contributed by atoms with Crippen molar-refractivity contribution in [2.75, 3.05) is 11.9 Å². The van der Waals surface area contributed by atoms with Crippen molar-refractivity contribution in [1.82, 2.24) is 9.97 Å². The van der Waals surface area contributed by atoms with Crippen LogP contribution >= 0.6 is 11.6 Å². The van der Waals surface area contributed by atoms with E-state index in [-0.39, 0.29) is 5.41 Å². The standard InChI is InChI=1S/C16H16ClF2N3/c17-15-14(20-7-8-21-15)16(5-1-2-6-16)10-22-11-3-4-12(18)13(19)9-11/h3-4,7-9,22H,1-2,5-6,10H2. The lowest BCUT2D eigenvalue weighted by Crippen LogP contribution is -2.33. The number of benzene rings is 1. The van der Waals surface area contributed by atoms with Crippen LogP contribution in [0.4, 0.5) is 14.5 Å². The Bertz CT molecular complexity index is 672. The van der Waals surface area contributed by atoms with E-state index in [1.165, 1.54) is 6.07 Å². The van der Waals surface area contributed by atoms with Crippen molar-refractivity contribution in [3.63, 3.8) is 0 Å². The molecule has 3 rings (SSSR count). The smallest absolute Gasteiger partial charge is 0.160 e. The van der Waals surface area contributed by atoms with E-state index in [0.717, 1.165) is 43.5 Å². The molecular weight excluding hydrogens is 308 g/mol. The second-order valence-corrected chi connectivity index (χ2v) is 6.02. The molecule has 1 aromatic carbocycles. The van der Waals surface area contributed by atoms with Crippen LogP contribution in [0.1, 0.15) is 31.4 Å².